The monoisotopic (exact) mass is 364 g/mol. The van der Waals surface area contributed by atoms with Crippen LogP contribution in [0.25, 0.3) is 10.8 Å². The van der Waals surface area contributed by atoms with Crippen LogP contribution in [-0.2, 0) is 0 Å². The highest BCUT2D eigenvalue weighted by Crippen LogP contribution is 2.34. The average molecular weight is 364 g/mol. The van der Waals surface area contributed by atoms with Gasteiger partial charge in [0, 0.05) is 28.2 Å². The Morgan fingerprint density at radius 2 is 1.96 bits per heavy atom. The number of benzene rings is 2. The van der Waals surface area contributed by atoms with E-state index >= 15 is 0 Å². The number of carbonyl (C=O) groups is 1. The molecule has 5 nitrogen and oxygen atoms in total. The van der Waals surface area contributed by atoms with Gasteiger partial charge in [0.15, 0.2) is 0 Å². The fourth-order valence-electron chi connectivity index (χ4n) is 3.30. The quantitative estimate of drug-likeness (QED) is 0.687. The van der Waals surface area contributed by atoms with Crippen molar-refractivity contribution in [2.24, 2.45) is 0 Å². The highest BCUT2D eigenvalue weighted by Gasteiger charge is 2.40. The standard InChI is InChI=1S/C20H14F2N4O/c21-19(22)13-5-3-6-15(8-13)25-12-16(9-23)26(20(25)27)18-11-24-10-14-4-1-2-7-17(14)18/h1-8,10-11,16,19H,12H2/t16-/m1/s1. The summed E-state index contributed by atoms with van der Waals surface area (Å²) in [7, 11) is 0. The minimum atomic E-state index is -2.63. The SMILES string of the molecule is N#C[C@@H]1CN(c2cccc(C(F)F)c2)C(=O)N1c1cncc2ccccc12. The Kier molecular flexibility index (Phi) is 4.16. The molecule has 3 aromatic rings. The third kappa shape index (κ3) is 2.85. The third-order valence-electron chi connectivity index (χ3n) is 4.59. The Hall–Kier alpha value is -3.53. The lowest BCUT2D eigenvalue weighted by Crippen LogP contribution is -2.34. The van der Waals surface area contributed by atoms with E-state index < -0.39 is 18.5 Å². The van der Waals surface area contributed by atoms with Crippen molar-refractivity contribution in [3.8, 4) is 6.07 Å². The molecular weight excluding hydrogens is 350 g/mol. The zero-order valence-electron chi connectivity index (χ0n) is 14.1. The molecule has 27 heavy (non-hydrogen) atoms. The van der Waals surface area contributed by atoms with Crippen LogP contribution in [0.3, 0.4) is 0 Å². The number of halogens is 2. The van der Waals surface area contributed by atoms with Crippen molar-refractivity contribution in [3.05, 3.63) is 66.5 Å². The van der Waals surface area contributed by atoms with Gasteiger partial charge in [0.1, 0.15) is 6.04 Å². The molecule has 4 rings (SSSR count). The maximum Gasteiger partial charge on any atom is 0.330 e. The molecular formula is C20H14F2N4O. The van der Waals surface area contributed by atoms with Gasteiger partial charge >= 0.3 is 6.03 Å². The molecule has 0 bridgehead atoms. The van der Waals surface area contributed by atoms with Gasteiger partial charge in [-0.05, 0) is 12.1 Å². The molecule has 1 aromatic heterocycles. The Morgan fingerprint density at radius 3 is 2.74 bits per heavy atom. The number of anilines is 2. The first-order chi connectivity index (χ1) is 13.1. The van der Waals surface area contributed by atoms with E-state index in [0.717, 1.165) is 10.8 Å². The Balaban J connectivity index is 1.78. The number of hydrogen-bond acceptors (Lipinski definition) is 3. The molecule has 0 spiro atoms. The van der Waals surface area contributed by atoms with Crippen LogP contribution in [0, 0.1) is 11.3 Å². The lowest BCUT2D eigenvalue weighted by atomic mass is 10.1. The van der Waals surface area contributed by atoms with Crippen LogP contribution in [0.5, 0.6) is 0 Å². The molecule has 0 aliphatic carbocycles. The van der Waals surface area contributed by atoms with Crippen LogP contribution in [0.4, 0.5) is 25.0 Å². The average Bonchev–Trinajstić information content (AvgIpc) is 3.04. The van der Waals surface area contributed by atoms with E-state index in [1.165, 1.54) is 28.0 Å². The van der Waals surface area contributed by atoms with E-state index in [2.05, 4.69) is 11.1 Å². The summed E-state index contributed by atoms with van der Waals surface area (Å²) in [6, 6.07) is 14.0. The van der Waals surface area contributed by atoms with Gasteiger partial charge in [0.2, 0.25) is 0 Å². The highest BCUT2D eigenvalue weighted by molar-refractivity contribution is 6.11. The Morgan fingerprint density at radius 1 is 1.15 bits per heavy atom. The third-order valence-corrected chi connectivity index (χ3v) is 4.59. The van der Waals surface area contributed by atoms with Crippen LogP contribution in [0.15, 0.2) is 60.9 Å². The number of nitriles is 1. The van der Waals surface area contributed by atoms with E-state index in [0.29, 0.717) is 11.4 Å². The van der Waals surface area contributed by atoms with Gasteiger partial charge in [-0.1, -0.05) is 36.4 Å². The zero-order chi connectivity index (χ0) is 19.0. The number of amides is 2. The van der Waals surface area contributed by atoms with E-state index in [1.54, 1.807) is 18.5 Å². The number of nitrogens with zero attached hydrogens (tertiary/aromatic N) is 4. The normalized spacial score (nSPS) is 17.0. The van der Waals surface area contributed by atoms with Gasteiger partial charge in [-0.15, -0.1) is 0 Å². The molecule has 1 saturated heterocycles. The van der Waals surface area contributed by atoms with Crippen LogP contribution in [-0.4, -0.2) is 23.6 Å². The molecule has 2 heterocycles. The predicted molar refractivity (Wildman–Crippen MR) is 97.8 cm³/mol. The van der Waals surface area contributed by atoms with E-state index in [9.17, 15) is 18.8 Å². The largest absolute Gasteiger partial charge is 0.330 e. The second kappa shape index (κ2) is 6.65. The Bertz CT molecular complexity index is 1060. The van der Waals surface area contributed by atoms with E-state index in [4.69, 9.17) is 0 Å². The van der Waals surface area contributed by atoms with Gasteiger partial charge in [-0.25, -0.2) is 13.6 Å². The molecule has 2 aromatic carbocycles. The zero-order valence-corrected chi connectivity index (χ0v) is 14.1. The van der Waals surface area contributed by atoms with Gasteiger partial charge < -0.3 is 0 Å². The summed E-state index contributed by atoms with van der Waals surface area (Å²) in [6.45, 7) is 0.0885. The summed E-state index contributed by atoms with van der Waals surface area (Å²) in [6.07, 6.45) is 0.599. The number of pyridine rings is 1. The summed E-state index contributed by atoms with van der Waals surface area (Å²) in [5.74, 6) is 0. The number of alkyl halides is 2. The molecule has 0 radical (unpaired) electrons. The van der Waals surface area contributed by atoms with Gasteiger partial charge in [0.05, 0.1) is 24.5 Å². The lowest BCUT2D eigenvalue weighted by Gasteiger charge is -2.21. The first-order valence-electron chi connectivity index (χ1n) is 8.31. The van der Waals surface area contributed by atoms with Crippen molar-refractivity contribution >= 4 is 28.2 Å². The van der Waals surface area contributed by atoms with Crippen molar-refractivity contribution in [2.45, 2.75) is 12.5 Å². The molecule has 2 amide bonds. The predicted octanol–water partition coefficient (Wildman–Crippen LogP) is 4.51. The first-order valence-corrected chi connectivity index (χ1v) is 8.31. The highest BCUT2D eigenvalue weighted by atomic mass is 19.3. The second-order valence-corrected chi connectivity index (χ2v) is 6.18. The van der Waals surface area contributed by atoms with Crippen molar-refractivity contribution in [1.29, 1.82) is 5.26 Å². The number of hydrogen-bond donors (Lipinski definition) is 0. The summed E-state index contributed by atoms with van der Waals surface area (Å²) < 4.78 is 26.0. The fourth-order valence-corrected chi connectivity index (χ4v) is 3.30. The topological polar surface area (TPSA) is 60.2 Å². The lowest BCUT2D eigenvalue weighted by molar-refractivity contribution is 0.151. The molecule has 0 unspecified atom stereocenters. The number of carbonyl (C=O) groups excluding carboxylic acids is 1. The van der Waals surface area contributed by atoms with E-state index in [-0.39, 0.29) is 12.1 Å². The number of fused-ring (bicyclic) bond motifs is 1. The van der Waals surface area contributed by atoms with Crippen molar-refractivity contribution in [3.63, 3.8) is 0 Å². The van der Waals surface area contributed by atoms with Crippen LogP contribution in [0.1, 0.15) is 12.0 Å². The summed E-state index contributed by atoms with van der Waals surface area (Å²) in [4.78, 5) is 20.0. The van der Waals surface area contributed by atoms with Crippen molar-refractivity contribution in [2.75, 3.05) is 16.3 Å². The van der Waals surface area contributed by atoms with Crippen LogP contribution in [0.2, 0.25) is 0 Å². The first kappa shape index (κ1) is 16.9. The fraction of sp³-hybridized carbons (Fsp3) is 0.150. The van der Waals surface area contributed by atoms with Crippen molar-refractivity contribution < 1.29 is 13.6 Å². The van der Waals surface area contributed by atoms with Gasteiger partial charge in [-0.2, -0.15) is 5.26 Å². The van der Waals surface area contributed by atoms with E-state index in [1.807, 2.05) is 24.3 Å². The molecule has 1 aliphatic rings. The minimum Gasteiger partial charge on any atom is -0.291 e. The Labute approximate surface area is 154 Å². The molecule has 134 valence electrons. The van der Waals surface area contributed by atoms with Crippen LogP contribution >= 0.6 is 0 Å². The summed E-state index contributed by atoms with van der Waals surface area (Å²) in [5, 5.41) is 11.2. The second-order valence-electron chi connectivity index (χ2n) is 6.18. The molecule has 7 heteroatoms. The smallest absolute Gasteiger partial charge is 0.291 e. The minimum absolute atomic E-state index is 0.0885. The number of urea groups is 1. The maximum absolute atomic E-state index is 13.1. The van der Waals surface area contributed by atoms with Gasteiger partial charge in [-0.3, -0.25) is 14.8 Å². The summed E-state index contributed by atoms with van der Waals surface area (Å²) in [5.41, 5.74) is 0.699. The maximum atomic E-state index is 13.1. The molecule has 0 N–H and O–H groups in total. The molecule has 0 saturated carbocycles. The van der Waals surface area contributed by atoms with Crippen LogP contribution < -0.4 is 9.80 Å². The van der Waals surface area contributed by atoms with Crippen molar-refractivity contribution in [1.82, 2.24) is 4.98 Å². The number of rotatable bonds is 3. The molecule has 1 fully saturated rings. The van der Waals surface area contributed by atoms with Gasteiger partial charge in [0.25, 0.3) is 6.43 Å². The summed E-state index contributed by atoms with van der Waals surface area (Å²) >= 11 is 0. The molecule has 1 atom stereocenters. The molecule has 1 aliphatic heterocycles. The number of aromatic nitrogens is 1.